The number of hydrogen-bond acceptors (Lipinski definition) is 11. The van der Waals surface area contributed by atoms with Crippen molar-refractivity contribution in [1.29, 1.82) is 0 Å². The van der Waals surface area contributed by atoms with E-state index in [9.17, 15) is 19.3 Å². The van der Waals surface area contributed by atoms with Crippen molar-refractivity contribution in [3.8, 4) is 5.75 Å². The highest BCUT2D eigenvalue weighted by atomic mass is 31.2. The Kier molecular flexibility index (Phi) is 10.7. The molecule has 1 saturated heterocycles. The van der Waals surface area contributed by atoms with Crippen LogP contribution in [0.15, 0.2) is 47.4 Å². The Labute approximate surface area is 232 Å². The van der Waals surface area contributed by atoms with E-state index in [4.69, 9.17) is 29.0 Å². The summed E-state index contributed by atoms with van der Waals surface area (Å²) in [6.07, 6.45) is 3.06. The van der Waals surface area contributed by atoms with Gasteiger partial charge >= 0.3 is 19.4 Å². The molecule has 0 radical (unpaired) electrons. The first-order valence-electron chi connectivity index (χ1n) is 13.4. The van der Waals surface area contributed by atoms with Gasteiger partial charge in [0.15, 0.2) is 6.23 Å². The van der Waals surface area contributed by atoms with E-state index in [1.807, 2.05) is 0 Å². The van der Waals surface area contributed by atoms with Crippen LogP contribution in [-0.2, 0) is 28.1 Å². The summed E-state index contributed by atoms with van der Waals surface area (Å²) in [6, 6.07) is 9.85. The number of benzene rings is 1. The summed E-state index contributed by atoms with van der Waals surface area (Å²) in [5.41, 5.74) is 4.89. The molecule has 0 spiro atoms. The molecule has 3 unspecified atom stereocenters. The second-order valence-corrected chi connectivity index (χ2v) is 11.5. The number of aromatic nitrogens is 2. The molecule has 1 saturated carbocycles. The van der Waals surface area contributed by atoms with Crippen LogP contribution >= 0.6 is 7.75 Å². The molecular formula is C26H37N4O9P. The average molecular weight is 581 g/mol. The molecule has 1 aliphatic carbocycles. The van der Waals surface area contributed by atoms with Crippen molar-refractivity contribution >= 4 is 19.5 Å². The zero-order valence-corrected chi connectivity index (χ0v) is 23.3. The predicted molar refractivity (Wildman–Crippen MR) is 144 cm³/mol. The topological polar surface area (TPSA) is 173 Å². The van der Waals surface area contributed by atoms with Gasteiger partial charge in [0.05, 0.1) is 12.5 Å². The second-order valence-electron chi connectivity index (χ2n) is 9.76. The molecule has 2 aromatic rings. The standard InChI is InChI=1S/C26H37N4O9P/c1-35-23-22(31)20(38-24(23)30-15-13-21(27)29-26(30)33)17-37-40(34,39-19-11-7-4-8-12-19)28-14-16-36-25(32)18-9-5-2-3-6-10-18/h4,7-8,11-13,15,18,20,22-24,31H,2-3,5-6,9-10,14,16-17H2,1H3,(H,28,34)(H2,27,29,33)/t20-,22?,23?,24-,40?/m1/s1. The minimum Gasteiger partial charge on any atom is -0.464 e. The number of aliphatic hydroxyl groups is 1. The van der Waals surface area contributed by atoms with E-state index < -0.39 is 38.0 Å². The van der Waals surface area contributed by atoms with Gasteiger partial charge in [-0.3, -0.25) is 13.9 Å². The number of carbonyl (C=O) groups is 1. The molecular weight excluding hydrogens is 543 g/mol. The van der Waals surface area contributed by atoms with Crippen LogP contribution in [0.4, 0.5) is 5.82 Å². The maximum absolute atomic E-state index is 13.7. The SMILES string of the molecule is COC1C(O)[C@@H](COP(=O)(NCCOC(=O)C2CCCCCC2)Oc2ccccc2)O[C@H]1n1ccc(N)nc1=O. The van der Waals surface area contributed by atoms with Gasteiger partial charge in [-0.05, 0) is 31.0 Å². The number of nitrogens with one attached hydrogen (secondary N) is 1. The van der Waals surface area contributed by atoms with Gasteiger partial charge in [0.2, 0.25) is 0 Å². The molecule has 1 aromatic heterocycles. The van der Waals surface area contributed by atoms with Gasteiger partial charge in [0.1, 0.15) is 36.5 Å². The minimum absolute atomic E-state index is 0.00642. The lowest BCUT2D eigenvalue weighted by atomic mass is 10.0. The van der Waals surface area contributed by atoms with E-state index in [0.29, 0.717) is 0 Å². The summed E-state index contributed by atoms with van der Waals surface area (Å²) in [5, 5.41) is 13.6. The van der Waals surface area contributed by atoms with Gasteiger partial charge in [-0.2, -0.15) is 4.98 Å². The van der Waals surface area contributed by atoms with Crippen molar-refractivity contribution in [2.75, 3.05) is 32.6 Å². The Morgan fingerprint density at radius 3 is 2.60 bits per heavy atom. The number of nitrogen functional groups attached to an aromatic ring is 1. The highest BCUT2D eigenvalue weighted by Gasteiger charge is 2.46. The van der Waals surface area contributed by atoms with Crippen molar-refractivity contribution in [3.05, 3.63) is 53.1 Å². The maximum Gasteiger partial charge on any atom is 0.458 e. The fourth-order valence-corrected chi connectivity index (χ4v) is 6.13. The van der Waals surface area contributed by atoms with Crippen molar-refractivity contribution in [2.45, 2.75) is 63.1 Å². The quantitative estimate of drug-likeness (QED) is 0.145. The highest BCUT2D eigenvalue weighted by Crippen LogP contribution is 2.45. The van der Waals surface area contributed by atoms with E-state index >= 15 is 0 Å². The number of ether oxygens (including phenoxy) is 3. The van der Waals surface area contributed by atoms with E-state index in [2.05, 4.69) is 10.1 Å². The molecule has 2 aliphatic rings. The van der Waals surface area contributed by atoms with Crippen LogP contribution < -0.4 is 21.0 Å². The molecule has 1 aromatic carbocycles. The molecule has 2 heterocycles. The number of hydrogen-bond donors (Lipinski definition) is 3. The second kappa shape index (κ2) is 14.2. The lowest BCUT2D eigenvalue weighted by Gasteiger charge is -2.23. The van der Waals surface area contributed by atoms with Gasteiger partial charge in [-0.1, -0.05) is 43.9 Å². The highest BCUT2D eigenvalue weighted by molar-refractivity contribution is 7.52. The zero-order valence-electron chi connectivity index (χ0n) is 22.4. The van der Waals surface area contributed by atoms with Crippen LogP contribution in [-0.4, -0.2) is 65.8 Å². The summed E-state index contributed by atoms with van der Waals surface area (Å²) in [5.74, 6) is -0.0417. The Morgan fingerprint density at radius 1 is 1.20 bits per heavy atom. The Morgan fingerprint density at radius 2 is 1.93 bits per heavy atom. The van der Waals surface area contributed by atoms with E-state index in [-0.39, 0.29) is 43.2 Å². The number of methoxy groups -OCH3 is 1. The van der Waals surface area contributed by atoms with E-state index in [1.54, 1.807) is 30.3 Å². The fraction of sp³-hybridized carbons (Fsp3) is 0.577. The van der Waals surface area contributed by atoms with Crippen LogP contribution in [0.3, 0.4) is 0 Å². The number of nitrogens with two attached hydrogens (primary N) is 1. The van der Waals surface area contributed by atoms with Gasteiger partial charge in [-0.15, -0.1) is 0 Å². The molecule has 4 N–H and O–H groups in total. The van der Waals surface area contributed by atoms with Gasteiger partial charge in [-0.25, -0.2) is 14.4 Å². The summed E-state index contributed by atoms with van der Waals surface area (Å²) in [4.78, 5) is 28.5. The number of nitrogens with zero attached hydrogens (tertiary/aromatic N) is 2. The molecule has 40 heavy (non-hydrogen) atoms. The van der Waals surface area contributed by atoms with E-state index in [1.165, 1.54) is 19.4 Å². The van der Waals surface area contributed by atoms with Crippen molar-refractivity contribution < 1.29 is 37.7 Å². The minimum atomic E-state index is -4.03. The Bertz CT molecular complexity index is 1210. The molecule has 0 amide bonds. The average Bonchev–Trinajstić information content (AvgIpc) is 3.09. The number of carbonyl (C=O) groups excluding carboxylic acids is 1. The first-order valence-corrected chi connectivity index (χ1v) is 15.0. The summed E-state index contributed by atoms with van der Waals surface area (Å²) in [6.45, 7) is -0.385. The predicted octanol–water partition coefficient (Wildman–Crippen LogP) is 2.41. The largest absolute Gasteiger partial charge is 0.464 e. The molecule has 14 heteroatoms. The van der Waals surface area contributed by atoms with Crippen LogP contribution in [0.25, 0.3) is 0 Å². The third kappa shape index (κ3) is 7.90. The van der Waals surface area contributed by atoms with E-state index in [0.717, 1.165) is 43.1 Å². The van der Waals surface area contributed by atoms with Crippen molar-refractivity contribution in [3.63, 3.8) is 0 Å². The molecule has 2 fully saturated rings. The maximum atomic E-state index is 13.7. The van der Waals surface area contributed by atoms with Crippen LogP contribution in [0.2, 0.25) is 0 Å². The molecule has 1 aliphatic heterocycles. The third-order valence-electron chi connectivity index (χ3n) is 6.93. The summed E-state index contributed by atoms with van der Waals surface area (Å²) < 4.78 is 42.9. The molecule has 220 valence electrons. The number of aliphatic hydroxyl groups excluding tert-OH is 1. The summed E-state index contributed by atoms with van der Waals surface area (Å²) >= 11 is 0. The number of anilines is 1. The molecule has 0 bridgehead atoms. The van der Waals surface area contributed by atoms with Gasteiger partial charge in [0, 0.05) is 19.9 Å². The molecule has 13 nitrogen and oxygen atoms in total. The Balaban J connectivity index is 1.38. The van der Waals surface area contributed by atoms with Crippen LogP contribution in [0.1, 0.15) is 44.8 Å². The smallest absolute Gasteiger partial charge is 0.458 e. The number of esters is 1. The lowest BCUT2D eigenvalue weighted by molar-refractivity contribution is -0.148. The number of para-hydroxylation sites is 1. The number of rotatable bonds is 12. The van der Waals surface area contributed by atoms with Gasteiger partial charge in [0.25, 0.3) is 0 Å². The Hall–Kier alpha value is -2.80. The summed E-state index contributed by atoms with van der Waals surface area (Å²) in [7, 11) is -2.66. The van der Waals surface area contributed by atoms with Crippen molar-refractivity contribution in [1.82, 2.24) is 14.6 Å². The first kappa shape index (κ1) is 30.2. The zero-order chi connectivity index (χ0) is 28.5. The third-order valence-corrected chi connectivity index (χ3v) is 8.48. The van der Waals surface area contributed by atoms with Crippen LogP contribution in [0, 0.1) is 5.92 Å². The first-order chi connectivity index (χ1) is 19.3. The van der Waals surface area contributed by atoms with Gasteiger partial charge < -0.3 is 29.6 Å². The molecule has 4 rings (SSSR count). The lowest BCUT2D eigenvalue weighted by Crippen LogP contribution is -2.37. The van der Waals surface area contributed by atoms with Crippen molar-refractivity contribution in [2.24, 2.45) is 5.92 Å². The monoisotopic (exact) mass is 580 g/mol. The normalized spacial score (nSPS) is 25.1. The van der Waals surface area contributed by atoms with Crippen LogP contribution in [0.5, 0.6) is 5.75 Å². The molecule has 5 atom stereocenters. The fourth-order valence-electron chi connectivity index (χ4n) is 4.82.